The molecule has 2 atom stereocenters. The maximum Gasteiger partial charge on any atom is 0.416 e. The number of methoxy groups -OCH3 is 1. The molecule has 2 aromatic rings. The van der Waals surface area contributed by atoms with E-state index < -0.39 is 50.3 Å². The fourth-order valence-electron chi connectivity index (χ4n) is 6.16. The predicted octanol–water partition coefficient (Wildman–Crippen LogP) is 4.21. The molecule has 0 saturated carbocycles. The van der Waals surface area contributed by atoms with E-state index in [1.165, 1.54) is 0 Å². The molecule has 0 bridgehead atoms. The number of fused-ring (bicyclic) bond motifs is 2. The first-order valence-corrected chi connectivity index (χ1v) is 16.0. The normalized spacial score (nSPS) is 24.3. The number of amides is 1. The van der Waals surface area contributed by atoms with Crippen molar-refractivity contribution in [3.05, 3.63) is 53.6 Å². The van der Waals surface area contributed by atoms with Crippen LogP contribution in [0.25, 0.3) is 0 Å². The molecule has 0 unspecified atom stereocenters. The number of sulfonamides is 1. The summed E-state index contributed by atoms with van der Waals surface area (Å²) >= 11 is 0. The van der Waals surface area contributed by atoms with Gasteiger partial charge in [-0.2, -0.15) is 17.5 Å². The first-order chi connectivity index (χ1) is 20.5. The zero-order chi connectivity index (χ0) is 30.8. The number of halogens is 3. The van der Waals surface area contributed by atoms with Crippen molar-refractivity contribution in [1.29, 1.82) is 0 Å². The van der Waals surface area contributed by atoms with Crippen LogP contribution in [-0.4, -0.2) is 81.2 Å². The first-order valence-electron chi connectivity index (χ1n) is 14.6. The molecule has 236 valence electrons. The Morgan fingerprint density at radius 3 is 2.56 bits per heavy atom. The Kier molecular flexibility index (Phi) is 9.26. The lowest BCUT2D eigenvalue weighted by molar-refractivity contribution is -0.137. The Balaban J connectivity index is 1.44. The van der Waals surface area contributed by atoms with Crippen LogP contribution >= 0.6 is 0 Å². The quantitative estimate of drug-likeness (QED) is 0.514. The van der Waals surface area contributed by atoms with Crippen LogP contribution < -0.4 is 14.8 Å². The minimum atomic E-state index is -4.76. The van der Waals surface area contributed by atoms with E-state index >= 15 is 0 Å². The third kappa shape index (κ3) is 6.79. The monoisotopic (exact) mass is 625 g/mol. The fourth-order valence-corrected chi connectivity index (χ4v) is 7.95. The van der Waals surface area contributed by atoms with E-state index in [4.69, 9.17) is 14.2 Å². The summed E-state index contributed by atoms with van der Waals surface area (Å²) in [5, 5.41) is 3.17. The number of nitrogens with one attached hydrogen (secondary N) is 1. The van der Waals surface area contributed by atoms with Crippen LogP contribution in [0.4, 0.5) is 13.2 Å². The molecule has 0 aromatic heterocycles. The van der Waals surface area contributed by atoms with Gasteiger partial charge in [-0.3, -0.25) is 9.69 Å². The maximum atomic E-state index is 13.9. The highest BCUT2D eigenvalue weighted by atomic mass is 32.2. The van der Waals surface area contributed by atoms with Crippen molar-refractivity contribution in [2.24, 2.45) is 0 Å². The number of nitrogens with zero attached hydrogens (tertiary/aromatic N) is 2. The molecule has 2 aromatic carbocycles. The van der Waals surface area contributed by atoms with Crippen molar-refractivity contribution < 1.29 is 40.6 Å². The summed E-state index contributed by atoms with van der Waals surface area (Å²) in [6.45, 7) is 4.16. The van der Waals surface area contributed by atoms with E-state index in [2.05, 4.69) is 10.2 Å². The van der Waals surface area contributed by atoms with Gasteiger partial charge in [0.2, 0.25) is 15.9 Å². The number of hydrogen-bond acceptors (Lipinski definition) is 7. The average molecular weight is 626 g/mol. The highest BCUT2D eigenvalue weighted by Crippen LogP contribution is 2.39. The van der Waals surface area contributed by atoms with E-state index in [1.54, 1.807) is 7.11 Å². The van der Waals surface area contributed by atoms with Crippen LogP contribution in [0.1, 0.15) is 50.2 Å². The molecule has 1 amide bonds. The zero-order valence-corrected chi connectivity index (χ0v) is 25.2. The number of rotatable bonds is 6. The number of piperidine rings is 1. The van der Waals surface area contributed by atoms with Gasteiger partial charge in [0.1, 0.15) is 22.4 Å². The van der Waals surface area contributed by atoms with E-state index in [9.17, 15) is 26.4 Å². The molecular formula is C30H38F3N3O6S. The van der Waals surface area contributed by atoms with E-state index in [0.717, 1.165) is 27.8 Å². The van der Waals surface area contributed by atoms with Crippen molar-refractivity contribution >= 4 is 15.9 Å². The smallest absolute Gasteiger partial charge is 0.416 e. The molecule has 13 heteroatoms. The molecule has 3 heterocycles. The van der Waals surface area contributed by atoms with Crippen LogP contribution in [0.2, 0.25) is 0 Å². The number of ether oxygens (including phenoxy) is 3. The van der Waals surface area contributed by atoms with Gasteiger partial charge >= 0.3 is 6.18 Å². The lowest BCUT2D eigenvalue weighted by Crippen LogP contribution is -2.59. The van der Waals surface area contributed by atoms with Gasteiger partial charge in [0, 0.05) is 56.7 Å². The molecule has 2 saturated heterocycles. The minimum absolute atomic E-state index is 0.0214. The molecule has 43 heavy (non-hydrogen) atoms. The molecule has 3 aliphatic rings. The number of para-hydroxylation sites is 1. The number of carbonyl (C=O) groups excluding carboxylic acids is 1. The third-order valence-electron chi connectivity index (χ3n) is 8.56. The molecule has 5 rings (SSSR count). The molecule has 9 nitrogen and oxygen atoms in total. The van der Waals surface area contributed by atoms with Crippen molar-refractivity contribution in [3.8, 4) is 11.5 Å². The summed E-state index contributed by atoms with van der Waals surface area (Å²) in [7, 11) is -2.92. The van der Waals surface area contributed by atoms with Gasteiger partial charge in [-0.05, 0) is 43.5 Å². The molecule has 1 N–H and O–H groups in total. The van der Waals surface area contributed by atoms with Crippen molar-refractivity contribution in [1.82, 2.24) is 14.5 Å². The second kappa shape index (κ2) is 12.6. The van der Waals surface area contributed by atoms with Crippen LogP contribution in [0.3, 0.4) is 0 Å². The van der Waals surface area contributed by atoms with Crippen molar-refractivity contribution in [2.45, 2.75) is 74.3 Å². The van der Waals surface area contributed by atoms with E-state index in [1.807, 2.05) is 31.2 Å². The van der Waals surface area contributed by atoms with Gasteiger partial charge in [0.15, 0.2) is 0 Å². The van der Waals surface area contributed by atoms with Gasteiger partial charge in [0.05, 0.1) is 25.4 Å². The van der Waals surface area contributed by atoms with Crippen LogP contribution in [0, 0.1) is 0 Å². The predicted molar refractivity (Wildman–Crippen MR) is 152 cm³/mol. The fraction of sp³-hybridized carbons (Fsp3) is 0.567. The summed E-state index contributed by atoms with van der Waals surface area (Å²) in [5.41, 5.74) is -0.732. The Morgan fingerprint density at radius 2 is 1.86 bits per heavy atom. The molecule has 1 spiro atoms. The standard InChI is InChI=1S/C30H38F3N3O6S/c1-3-15-41-23-18-24-28(37)34-29(10-13-35(14-11-29)19-21-6-4-5-7-25(21)40-2)12-16-42-26-9-8-22(30(31,32)33)17-27(26)43(38,39)36(24)20-23/h4-9,17,23-24H,3,10-16,18-20H2,1-2H3,(H,34,37)/t23-,24+/m1/s1. The van der Waals surface area contributed by atoms with Crippen LogP contribution in [-0.2, 0) is 32.3 Å². The number of benzene rings is 2. The lowest BCUT2D eigenvalue weighted by Gasteiger charge is -2.43. The first kappa shape index (κ1) is 31.6. The van der Waals surface area contributed by atoms with Crippen molar-refractivity contribution in [3.63, 3.8) is 0 Å². The van der Waals surface area contributed by atoms with Gasteiger partial charge in [-0.25, -0.2) is 8.42 Å². The number of alkyl halides is 3. The van der Waals surface area contributed by atoms with Crippen LogP contribution in [0.5, 0.6) is 11.5 Å². The molecule has 2 fully saturated rings. The Bertz CT molecular complexity index is 1410. The van der Waals surface area contributed by atoms with Crippen molar-refractivity contribution in [2.75, 3.05) is 40.0 Å². The highest BCUT2D eigenvalue weighted by Gasteiger charge is 2.48. The lowest BCUT2D eigenvalue weighted by atomic mass is 9.84. The Labute approximate surface area is 250 Å². The molecule has 3 aliphatic heterocycles. The zero-order valence-electron chi connectivity index (χ0n) is 24.4. The van der Waals surface area contributed by atoms with Gasteiger partial charge in [-0.1, -0.05) is 25.1 Å². The summed E-state index contributed by atoms with van der Waals surface area (Å²) in [4.78, 5) is 15.6. The highest BCUT2D eigenvalue weighted by molar-refractivity contribution is 7.89. The SMILES string of the molecule is CCCO[C@@H]1C[C@H]2C(=O)NC3(CCOc4ccc(C(F)(F)F)cc4S(=O)(=O)N2C1)CCN(Cc1ccccc1OC)CC3. The van der Waals surface area contributed by atoms with E-state index in [0.29, 0.717) is 58.0 Å². The maximum absolute atomic E-state index is 13.9. The third-order valence-corrected chi connectivity index (χ3v) is 10.5. The second-order valence-electron chi connectivity index (χ2n) is 11.4. The summed E-state index contributed by atoms with van der Waals surface area (Å²) in [6.07, 6.45) is -2.98. The van der Waals surface area contributed by atoms with Gasteiger partial charge in [-0.15, -0.1) is 0 Å². The molecular weight excluding hydrogens is 587 g/mol. The Hall–Kier alpha value is -2.87. The Morgan fingerprint density at radius 1 is 1.12 bits per heavy atom. The molecule has 0 aliphatic carbocycles. The van der Waals surface area contributed by atoms with Gasteiger partial charge < -0.3 is 19.5 Å². The average Bonchev–Trinajstić information content (AvgIpc) is 3.42. The van der Waals surface area contributed by atoms with E-state index in [-0.39, 0.29) is 25.3 Å². The topological polar surface area (TPSA) is 97.4 Å². The second-order valence-corrected chi connectivity index (χ2v) is 13.3. The van der Waals surface area contributed by atoms with Crippen LogP contribution in [0.15, 0.2) is 47.4 Å². The van der Waals surface area contributed by atoms with Gasteiger partial charge in [0.25, 0.3) is 0 Å². The number of carbonyl (C=O) groups is 1. The number of likely N-dealkylation sites (tertiary alicyclic amines) is 1. The molecule has 0 radical (unpaired) electrons. The number of hydrogen-bond donors (Lipinski definition) is 1. The largest absolute Gasteiger partial charge is 0.496 e. The summed E-state index contributed by atoms with van der Waals surface area (Å²) < 4.78 is 87.0. The summed E-state index contributed by atoms with van der Waals surface area (Å²) in [5.74, 6) is 0.164. The minimum Gasteiger partial charge on any atom is -0.496 e. The summed E-state index contributed by atoms with van der Waals surface area (Å²) in [6, 6.07) is 9.15.